The summed E-state index contributed by atoms with van der Waals surface area (Å²) in [6.07, 6.45) is 2.13. The van der Waals surface area contributed by atoms with Gasteiger partial charge in [-0.1, -0.05) is 12.1 Å². The van der Waals surface area contributed by atoms with Gasteiger partial charge < -0.3 is 0 Å². The van der Waals surface area contributed by atoms with Gasteiger partial charge in [0, 0.05) is 29.5 Å². The summed E-state index contributed by atoms with van der Waals surface area (Å²) < 4.78 is 0. The molecule has 0 bridgehead atoms. The van der Waals surface area contributed by atoms with E-state index in [-0.39, 0.29) is 5.69 Å². The van der Waals surface area contributed by atoms with Crippen LogP contribution in [-0.2, 0) is 0 Å². The van der Waals surface area contributed by atoms with Crippen molar-refractivity contribution in [2.75, 3.05) is 0 Å². The Balaban J connectivity index is 2.41. The van der Waals surface area contributed by atoms with Gasteiger partial charge in [0.05, 0.1) is 10.6 Å². The topological polar surface area (TPSA) is 73.1 Å². The summed E-state index contributed by atoms with van der Waals surface area (Å²) in [7, 11) is 0. The van der Waals surface area contributed by atoms with Gasteiger partial charge in [-0.3, -0.25) is 19.9 Å². The molecule has 0 saturated heterocycles. The zero-order valence-corrected chi connectivity index (χ0v) is 8.74. The molecule has 5 nitrogen and oxygen atoms in total. The number of benzene rings is 1. The van der Waals surface area contributed by atoms with Crippen molar-refractivity contribution in [3.8, 4) is 11.3 Å². The summed E-state index contributed by atoms with van der Waals surface area (Å²) in [5, 5.41) is 10.6. The van der Waals surface area contributed by atoms with E-state index in [9.17, 15) is 14.9 Å². The van der Waals surface area contributed by atoms with E-state index in [0.29, 0.717) is 23.1 Å². The Labute approximate surface area is 96.9 Å². The molecule has 2 rings (SSSR count). The molecular weight excluding hydrogens is 220 g/mol. The molecule has 2 aromatic rings. The molecule has 0 saturated carbocycles. The largest absolute Gasteiger partial charge is 0.298 e. The number of nitro benzene ring substituents is 1. The Kier molecular flexibility index (Phi) is 2.91. The van der Waals surface area contributed by atoms with Crippen molar-refractivity contribution in [1.29, 1.82) is 0 Å². The number of rotatable bonds is 3. The fourth-order valence-corrected chi connectivity index (χ4v) is 1.42. The van der Waals surface area contributed by atoms with Crippen LogP contribution in [0.1, 0.15) is 10.4 Å². The number of aldehydes is 1. The summed E-state index contributed by atoms with van der Waals surface area (Å²) in [6, 6.07) is 9.47. The maximum Gasteiger partial charge on any atom is 0.270 e. The number of non-ortho nitro benzene ring substituents is 1. The van der Waals surface area contributed by atoms with E-state index in [1.165, 1.54) is 18.3 Å². The Hall–Kier alpha value is -2.56. The lowest BCUT2D eigenvalue weighted by Crippen LogP contribution is -1.90. The van der Waals surface area contributed by atoms with Gasteiger partial charge in [0.15, 0.2) is 6.29 Å². The summed E-state index contributed by atoms with van der Waals surface area (Å²) >= 11 is 0. The van der Waals surface area contributed by atoms with Crippen LogP contribution in [0.2, 0.25) is 0 Å². The first-order valence-corrected chi connectivity index (χ1v) is 4.87. The maximum atomic E-state index is 10.6. The van der Waals surface area contributed by atoms with Gasteiger partial charge >= 0.3 is 0 Å². The molecule has 17 heavy (non-hydrogen) atoms. The molecule has 0 aliphatic rings. The molecule has 0 radical (unpaired) electrons. The zero-order chi connectivity index (χ0) is 12.3. The second-order valence-corrected chi connectivity index (χ2v) is 3.40. The number of carbonyl (C=O) groups excluding carboxylic acids is 1. The molecule has 84 valence electrons. The minimum atomic E-state index is -0.455. The summed E-state index contributed by atoms with van der Waals surface area (Å²) in [4.78, 5) is 24.7. The molecule has 0 atom stereocenters. The first-order valence-electron chi connectivity index (χ1n) is 4.87. The summed E-state index contributed by atoms with van der Waals surface area (Å²) in [5.74, 6) is 0. The number of aromatic nitrogens is 1. The molecule has 0 fully saturated rings. The van der Waals surface area contributed by atoms with E-state index in [0.717, 1.165) is 0 Å². The number of pyridine rings is 1. The van der Waals surface area contributed by atoms with Gasteiger partial charge in [-0.15, -0.1) is 0 Å². The van der Waals surface area contributed by atoms with Gasteiger partial charge in [0.1, 0.15) is 0 Å². The minimum absolute atomic E-state index is 0.0174. The summed E-state index contributed by atoms with van der Waals surface area (Å²) in [5.41, 5.74) is 1.74. The number of carbonyl (C=O) groups is 1. The lowest BCUT2D eigenvalue weighted by Gasteiger charge is -2.00. The van der Waals surface area contributed by atoms with Crippen molar-refractivity contribution in [3.05, 3.63) is 58.3 Å². The number of nitrogens with zero attached hydrogens (tertiary/aromatic N) is 2. The van der Waals surface area contributed by atoms with E-state index < -0.39 is 4.92 Å². The van der Waals surface area contributed by atoms with Gasteiger partial charge in [-0.05, 0) is 12.1 Å². The Morgan fingerprint density at radius 1 is 1.24 bits per heavy atom. The number of nitro groups is 1. The molecule has 5 heteroatoms. The first-order chi connectivity index (χ1) is 8.20. The van der Waals surface area contributed by atoms with Crippen LogP contribution >= 0.6 is 0 Å². The molecule has 1 aromatic carbocycles. The molecular formula is C12H8N2O3. The highest BCUT2D eigenvalue weighted by Gasteiger charge is 2.07. The van der Waals surface area contributed by atoms with Crippen LogP contribution in [0.4, 0.5) is 5.69 Å². The molecule has 0 unspecified atom stereocenters. The van der Waals surface area contributed by atoms with Crippen molar-refractivity contribution in [2.45, 2.75) is 0 Å². The molecule has 0 amide bonds. The highest BCUT2D eigenvalue weighted by atomic mass is 16.6. The monoisotopic (exact) mass is 228 g/mol. The van der Waals surface area contributed by atoms with Gasteiger partial charge in [-0.2, -0.15) is 0 Å². The number of hydrogen-bond acceptors (Lipinski definition) is 4. The highest BCUT2D eigenvalue weighted by molar-refractivity contribution is 5.75. The van der Waals surface area contributed by atoms with Crippen LogP contribution in [0.5, 0.6) is 0 Å². The Morgan fingerprint density at radius 3 is 2.65 bits per heavy atom. The zero-order valence-electron chi connectivity index (χ0n) is 8.74. The van der Waals surface area contributed by atoms with Gasteiger partial charge in [0.25, 0.3) is 5.69 Å². The predicted molar refractivity (Wildman–Crippen MR) is 61.7 cm³/mol. The third-order valence-electron chi connectivity index (χ3n) is 2.28. The molecule has 0 aliphatic carbocycles. The van der Waals surface area contributed by atoms with Crippen molar-refractivity contribution in [3.63, 3.8) is 0 Å². The Morgan fingerprint density at radius 2 is 2.06 bits per heavy atom. The first kappa shape index (κ1) is 10.9. The van der Waals surface area contributed by atoms with E-state index in [4.69, 9.17) is 0 Å². The molecule has 0 aliphatic heterocycles. The fraction of sp³-hybridized carbons (Fsp3) is 0. The van der Waals surface area contributed by atoms with Gasteiger partial charge in [0.2, 0.25) is 0 Å². The van der Waals surface area contributed by atoms with Gasteiger partial charge in [-0.25, -0.2) is 0 Å². The van der Waals surface area contributed by atoms with Crippen LogP contribution in [0.25, 0.3) is 11.3 Å². The van der Waals surface area contributed by atoms with Crippen LogP contribution in [-0.4, -0.2) is 16.2 Å². The average molecular weight is 228 g/mol. The fourth-order valence-electron chi connectivity index (χ4n) is 1.42. The van der Waals surface area contributed by atoms with E-state index >= 15 is 0 Å². The predicted octanol–water partition coefficient (Wildman–Crippen LogP) is 2.47. The lowest BCUT2D eigenvalue weighted by molar-refractivity contribution is -0.384. The lowest BCUT2D eigenvalue weighted by atomic mass is 10.1. The van der Waals surface area contributed by atoms with Crippen LogP contribution in [0, 0.1) is 10.1 Å². The third kappa shape index (κ3) is 2.34. The van der Waals surface area contributed by atoms with Crippen molar-refractivity contribution in [1.82, 2.24) is 4.98 Å². The quantitative estimate of drug-likeness (QED) is 0.459. The molecule has 1 heterocycles. The number of hydrogen-bond donors (Lipinski definition) is 0. The van der Waals surface area contributed by atoms with Crippen molar-refractivity contribution in [2.24, 2.45) is 0 Å². The smallest absolute Gasteiger partial charge is 0.270 e. The Bertz CT molecular complexity index is 564. The average Bonchev–Trinajstić information content (AvgIpc) is 2.39. The molecule has 0 spiro atoms. The summed E-state index contributed by atoms with van der Waals surface area (Å²) in [6.45, 7) is 0. The van der Waals surface area contributed by atoms with Crippen LogP contribution in [0.3, 0.4) is 0 Å². The van der Waals surface area contributed by atoms with E-state index in [1.807, 2.05) is 0 Å². The standard InChI is InChI=1S/C12H8N2O3/c15-8-9-4-5-12(13-7-9)10-2-1-3-11(6-10)14(16)17/h1-8H. The SMILES string of the molecule is O=Cc1ccc(-c2cccc([N+](=O)[O-])c2)nc1. The van der Waals surface area contributed by atoms with Crippen LogP contribution in [0.15, 0.2) is 42.6 Å². The van der Waals surface area contributed by atoms with E-state index in [1.54, 1.807) is 24.3 Å². The normalized spacial score (nSPS) is 9.88. The third-order valence-corrected chi connectivity index (χ3v) is 2.28. The maximum absolute atomic E-state index is 10.6. The van der Waals surface area contributed by atoms with Crippen molar-refractivity contribution >= 4 is 12.0 Å². The van der Waals surface area contributed by atoms with E-state index in [2.05, 4.69) is 4.98 Å². The van der Waals surface area contributed by atoms with Crippen LogP contribution < -0.4 is 0 Å². The second kappa shape index (κ2) is 4.52. The minimum Gasteiger partial charge on any atom is -0.298 e. The second-order valence-electron chi connectivity index (χ2n) is 3.40. The van der Waals surface area contributed by atoms with Crippen molar-refractivity contribution < 1.29 is 9.72 Å². The molecule has 1 aromatic heterocycles. The highest BCUT2D eigenvalue weighted by Crippen LogP contribution is 2.21. The molecule has 0 N–H and O–H groups in total.